The average molecular weight is 353 g/mol. The van der Waals surface area contributed by atoms with Crippen LogP contribution in [0.25, 0.3) is 21.5 Å². The third-order valence-corrected chi connectivity index (χ3v) is 5.11. The second kappa shape index (κ2) is 6.06. The number of aryl methyl sites for hydroxylation is 1. The third-order valence-electron chi connectivity index (χ3n) is 3.86. The van der Waals surface area contributed by atoms with Gasteiger partial charge in [0, 0.05) is 21.3 Å². The molecule has 4 aromatic rings. The Morgan fingerprint density at radius 3 is 2.68 bits per heavy atom. The minimum Gasteiger partial charge on any atom is -0.321 e. The summed E-state index contributed by atoms with van der Waals surface area (Å²) in [6.07, 6.45) is 0. The number of amides is 1. The largest absolute Gasteiger partial charge is 0.321 e. The maximum atomic E-state index is 14.0. The van der Waals surface area contributed by atoms with Crippen molar-refractivity contribution in [2.24, 2.45) is 0 Å². The van der Waals surface area contributed by atoms with Crippen LogP contribution in [0.4, 0.5) is 10.1 Å². The second-order valence-electron chi connectivity index (χ2n) is 5.44. The molecular weight excluding hydrogens is 341 g/mol. The number of aromatic amines is 1. The lowest BCUT2D eigenvalue weighted by atomic mass is 10.1. The van der Waals surface area contributed by atoms with Gasteiger partial charge in [-0.05, 0) is 54.1 Å². The van der Waals surface area contributed by atoms with Gasteiger partial charge in [-0.1, -0.05) is 6.07 Å². The van der Waals surface area contributed by atoms with Crippen LogP contribution < -0.4 is 5.32 Å². The third kappa shape index (κ3) is 2.76. The Bertz CT molecular complexity index is 1060. The van der Waals surface area contributed by atoms with E-state index in [1.807, 2.05) is 6.07 Å². The van der Waals surface area contributed by atoms with Gasteiger partial charge in [-0.25, -0.2) is 4.39 Å². The number of nitrogens with zero attached hydrogens (tertiary/aromatic N) is 3. The highest BCUT2D eigenvalue weighted by Gasteiger charge is 2.18. The van der Waals surface area contributed by atoms with E-state index < -0.39 is 0 Å². The quantitative estimate of drug-likeness (QED) is 0.587. The zero-order valence-corrected chi connectivity index (χ0v) is 13.9. The fourth-order valence-corrected chi connectivity index (χ4v) is 3.76. The van der Waals surface area contributed by atoms with Crippen molar-refractivity contribution < 1.29 is 9.18 Å². The van der Waals surface area contributed by atoms with E-state index in [9.17, 15) is 9.18 Å². The number of halogens is 1. The Kier molecular flexibility index (Phi) is 3.73. The minimum atomic E-state index is -0.310. The predicted octanol–water partition coefficient (Wildman–Crippen LogP) is 3.78. The van der Waals surface area contributed by atoms with E-state index in [4.69, 9.17) is 0 Å². The SMILES string of the molecule is Cc1c(C(=O)Nc2ccc(-c3nn[nH]n3)cc2)sc2cccc(F)c12. The lowest BCUT2D eigenvalue weighted by Gasteiger charge is -2.05. The Morgan fingerprint density at radius 2 is 2.00 bits per heavy atom. The molecule has 2 aromatic heterocycles. The van der Waals surface area contributed by atoms with Crippen LogP contribution in [-0.4, -0.2) is 26.5 Å². The highest BCUT2D eigenvalue weighted by Crippen LogP contribution is 2.33. The lowest BCUT2D eigenvalue weighted by Crippen LogP contribution is -2.11. The summed E-state index contributed by atoms with van der Waals surface area (Å²) in [6, 6.07) is 12.0. The molecule has 2 aromatic carbocycles. The fourth-order valence-electron chi connectivity index (χ4n) is 2.64. The van der Waals surface area contributed by atoms with Crippen LogP contribution in [0, 0.1) is 12.7 Å². The molecule has 0 aliphatic carbocycles. The topological polar surface area (TPSA) is 83.6 Å². The summed E-state index contributed by atoms with van der Waals surface area (Å²) in [5, 5.41) is 17.0. The van der Waals surface area contributed by atoms with E-state index in [0.29, 0.717) is 27.3 Å². The van der Waals surface area contributed by atoms with Crippen LogP contribution in [-0.2, 0) is 0 Å². The molecule has 124 valence electrons. The van der Waals surface area contributed by atoms with Crippen molar-refractivity contribution in [2.45, 2.75) is 6.92 Å². The van der Waals surface area contributed by atoms with Gasteiger partial charge in [-0.3, -0.25) is 4.79 Å². The van der Waals surface area contributed by atoms with Crippen LogP contribution >= 0.6 is 11.3 Å². The van der Waals surface area contributed by atoms with Gasteiger partial charge in [0.15, 0.2) is 0 Å². The number of thiophene rings is 1. The summed E-state index contributed by atoms with van der Waals surface area (Å²) >= 11 is 1.28. The zero-order chi connectivity index (χ0) is 17.4. The molecule has 1 amide bonds. The van der Waals surface area contributed by atoms with Crippen molar-refractivity contribution in [3.05, 3.63) is 58.7 Å². The molecule has 0 bridgehead atoms. The number of hydrogen-bond donors (Lipinski definition) is 2. The smallest absolute Gasteiger partial charge is 0.266 e. The van der Waals surface area contributed by atoms with E-state index in [2.05, 4.69) is 25.9 Å². The number of carbonyl (C=O) groups excluding carboxylic acids is 1. The van der Waals surface area contributed by atoms with Gasteiger partial charge < -0.3 is 5.32 Å². The molecule has 2 heterocycles. The minimum absolute atomic E-state index is 0.259. The maximum absolute atomic E-state index is 14.0. The van der Waals surface area contributed by atoms with Crippen LogP contribution in [0.15, 0.2) is 42.5 Å². The molecule has 0 atom stereocenters. The van der Waals surface area contributed by atoms with Crippen LogP contribution in [0.5, 0.6) is 0 Å². The number of H-pyrrole nitrogens is 1. The van der Waals surface area contributed by atoms with E-state index in [1.54, 1.807) is 37.3 Å². The summed E-state index contributed by atoms with van der Waals surface area (Å²) in [7, 11) is 0. The molecule has 0 saturated heterocycles. The second-order valence-corrected chi connectivity index (χ2v) is 6.49. The van der Waals surface area contributed by atoms with Gasteiger partial charge in [0.05, 0.1) is 4.88 Å². The predicted molar refractivity (Wildman–Crippen MR) is 94.1 cm³/mol. The standard InChI is InChI=1S/C17H12FN5OS/c1-9-14-12(18)3-2-4-13(14)25-15(9)17(24)19-11-7-5-10(6-8-11)16-20-22-23-21-16/h2-8H,1H3,(H,19,24)(H,20,21,22,23). The molecule has 0 aliphatic rings. The summed E-state index contributed by atoms with van der Waals surface area (Å²) in [5.74, 6) is -0.0890. The normalized spacial score (nSPS) is 11.0. The molecule has 0 spiro atoms. The van der Waals surface area contributed by atoms with Gasteiger partial charge >= 0.3 is 0 Å². The molecule has 0 unspecified atom stereocenters. The molecule has 0 saturated carbocycles. The van der Waals surface area contributed by atoms with Crippen molar-refractivity contribution in [2.75, 3.05) is 5.32 Å². The number of carbonyl (C=O) groups is 1. The summed E-state index contributed by atoms with van der Waals surface area (Å²) < 4.78 is 14.7. The highest BCUT2D eigenvalue weighted by molar-refractivity contribution is 7.21. The Balaban J connectivity index is 1.60. The number of aromatic nitrogens is 4. The van der Waals surface area contributed by atoms with Crippen molar-refractivity contribution in [3.8, 4) is 11.4 Å². The number of tetrazole rings is 1. The van der Waals surface area contributed by atoms with Crippen LogP contribution in [0.1, 0.15) is 15.2 Å². The summed E-state index contributed by atoms with van der Waals surface area (Å²) in [5.41, 5.74) is 2.07. The van der Waals surface area contributed by atoms with E-state index in [1.165, 1.54) is 17.4 Å². The molecular formula is C17H12FN5OS. The summed E-state index contributed by atoms with van der Waals surface area (Å²) in [4.78, 5) is 13.1. The van der Waals surface area contributed by atoms with E-state index in [-0.39, 0.29) is 11.7 Å². The number of rotatable bonds is 3. The van der Waals surface area contributed by atoms with Gasteiger partial charge in [0.25, 0.3) is 5.91 Å². The van der Waals surface area contributed by atoms with Crippen LogP contribution in [0.3, 0.4) is 0 Å². The lowest BCUT2D eigenvalue weighted by molar-refractivity contribution is 0.103. The van der Waals surface area contributed by atoms with Crippen molar-refractivity contribution in [3.63, 3.8) is 0 Å². The number of hydrogen-bond acceptors (Lipinski definition) is 5. The highest BCUT2D eigenvalue weighted by atomic mass is 32.1. The average Bonchev–Trinajstić information content (AvgIpc) is 3.25. The van der Waals surface area contributed by atoms with Crippen molar-refractivity contribution in [1.29, 1.82) is 0 Å². The Labute approximate surface area is 145 Å². The van der Waals surface area contributed by atoms with Gasteiger partial charge in [-0.15, -0.1) is 21.5 Å². The molecule has 0 radical (unpaired) electrons. The molecule has 0 fully saturated rings. The molecule has 2 N–H and O–H groups in total. The van der Waals surface area contributed by atoms with Gasteiger partial charge in [0.2, 0.25) is 5.82 Å². The Morgan fingerprint density at radius 1 is 1.20 bits per heavy atom. The molecule has 6 nitrogen and oxygen atoms in total. The number of nitrogens with one attached hydrogen (secondary N) is 2. The van der Waals surface area contributed by atoms with Crippen molar-refractivity contribution in [1.82, 2.24) is 20.6 Å². The zero-order valence-electron chi connectivity index (χ0n) is 13.1. The number of fused-ring (bicyclic) bond motifs is 1. The monoisotopic (exact) mass is 353 g/mol. The molecule has 8 heteroatoms. The maximum Gasteiger partial charge on any atom is 0.266 e. The van der Waals surface area contributed by atoms with E-state index >= 15 is 0 Å². The molecule has 25 heavy (non-hydrogen) atoms. The first-order valence-electron chi connectivity index (χ1n) is 7.46. The number of anilines is 1. The number of benzene rings is 2. The molecule has 0 aliphatic heterocycles. The summed E-state index contributed by atoms with van der Waals surface area (Å²) in [6.45, 7) is 1.76. The van der Waals surface area contributed by atoms with Gasteiger partial charge in [0.1, 0.15) is 5.82 Å². The van der Waals surface area contributed by atoms with Gasteiger partial charge in [-0.2, -0.15) is 5.21 Å². The Hall–Kier alpha value is -3.13. The van der Waals surface area contributed by atoms with Crippen molar-refractivity contribution >= 4 is 33.0 Å². The fraction of sp³-hybridized carbons (Fsp3) is 0.0588. The molecule has 4 rings (SSSR count). The first-order valence-corrected chi connectivity index (χ1v) is 8.28. The first kappa shape index (κ1) is 15.4. The van der Waals surface area contributed by atoms with E-state index in [0.717, 1.165) is 10.3 Å². The van der Waals surface area contributed by atoms with Crippen LogP contribution in [0.2, 0.25) is 0 Å². The first-order chi connectivity index (χ1) is 12.1.